The van der Waals surface area contributed by atoms with Gasteiger partial charge in [0.15, 0.2) is 0 Å². The summed E-state index contributed by atoms with van der Waals surface area (Å²) in [6.45, 7) is 2.48. The third kappa shape index (κ3) is 2.85. The van der Waals surface area contributed by atoms with E-state index in [1.54, 1.807) is 17.2 Å². The Morgan fingerprint density at radius 1 is 1.27 bits per heavy atom. The van der Waals surface area contributed by atoms with Gasteiger partial charge in [-0.15, -0.1) is 0 Å². The lowest BCUT2D eigenvalue weighted by Crippen LogP contribution is -2.49. The molecule has 1 saturated heterocycles. The van der Waals surface area contributed by atoms with Crippen molar-refractivity contribution in [1.82, 2.24) is 14.5 Å². The summed E-state index contributed by atoms with van der Waals surface area (Å²) < 4.78 is 16.5. The molecule has 0 N–H and O–H groups in total. The first-order chi connectivity index (χ1) is 10.6. The molecule has 1 aromatic heterocycles. The van der Waals surface area contributed by atoms with Crippen LogP contribution >= 0.6 is 15.9 Å². The van der Waals surface area contributed by atoms with Gasteiger partial charge in [0.25, 0.3) is 5.91 Å². The normalized spacial score (nSPS) is 15.2. The standard InChI is InChI=1S/C15H16BrFN4O/c1-19-5-4-18-15(19)21-8-6-20(7-9-21)14(22)12-10-11(16)2-3-13(12)17/h2-5,10H,6-9H2,1H3. The molecule has 22 heavy (non-hydrogen) atoms. The van der Waals surface area contributed by atoms with Crippen molar-refractivity contribution in [2.75, 3.05) is 31.1 Å². The lowest BCUT2D eigenvalue weighted by molar-refractivity contribution is 0.0741. The predicted molar refractivity (Wildman–Crippen MR) is 85.4 cm³/mol. The molecule has 0 unspecified atom stereocenters. The van der Waals surface area contributed by atoms with E-state index in [0.29, 0.717) is 30.7 Å². The average Bonchev–Trinajstić information content (AvgIpc) is 2.95. The van der Waals surface area contributed by atoms with Crippen LogP contribution in [0.25, 0.3) is 0 Å². The van der Waals surface area contributed by atoms with Crippen molar-refractivity contribution < 1.29 is 9.18 Å². The van der Waals surface area contributed by atoms with Crippen molar-refractivity contribution in [1.29, 1.82) is 0 Å². The van der Waals surface area contributed by atoms with Gasteiger partial charge in [-0.05, 0) is 18.2 Å². The Bertz CT molecular complexity index is 695. The van der Waals surface area contributed by atoms with Gasteiger partial charge >= 0.3 is 0 Å². The molecule has 7 heteroatoms. The zero-order valence-corrected chi connectivity index (χ0v) is 13.8. The monoisotopic (exact) mass is 366 g/mol. The molecule has 0 saturated carbocycles. The Hall–Kier alpha value is -1.89. The first-order valence-electron chi connectivity index (χ1n) is 7.03. The fraction of sp³-hybridized carbons (Fsp3) is 0.333. The maximum absolute atomic E-state index is 13.8. The number of anilines is 1. The molecule has 2 aromatic rings. The summed E-state index contributed by atoms with van der Waals surface area (Å²) in [5, 5.41) is 0. The van der Waals surface area contributed by atoms with Crippen molar-refractivity contribution in [2.45, 2.75) is 0 Å². The van der Waals surface area contributed by atoms with Gasteiger partial charge in [-0.25, -0.2) is 9.37 Å². The minimum atomic E-state index is -0.486. The van der Waals surface area contributed by atoms with E-state index in [-0.39, 0.29) is 11.5 Å². The van der Waals surface area contributed by atoms with Crippen LogP contribution < -0.4 is 4.90 Å². The summed E-state index contributed by atoms with van der Waals surface area (Å²) in [5.74, 6) is 0.138. The summed E-state index contributed by atoms with van der Waals surface area (Å²) in [6.07, 6.45) is 3.65. The number of carbonyl (C=O) groups is 1. The molecule has 0 atom stereocenters. The third-order valence-corrected chi connectivity index (χ3v) is 4.30. The highest BCUT2D eigenvalue weighted by atomic mass is 79.9. The summed E-state index contributed by atoms with van der Waals surface area (Å²) in [5.41, 5.74) is 0.111. The van der Waals surface area contributed by atoms with E-state index in [4.69, 9.17) is 0 Å². The van der Waals surface area contributed by atoms with E-state index < -0.39 is 5.82 Å². The molecule has 1 aromatic carbocycles. The lowest BCUT2D eigenvalue weighted by Gasteiger charge is -2.35. The van der Waals surface area contributed by atoms with Gasteiger partial charge in [0.05, 0.1) is 5.56 Å². The Kier molecular flexibility index (Phi) is 4.15. The Morgan fingerprint density at radius 3 is 2.64 bits per heavy atom. The molecule has 0 bridgehead atoms. The second kappa shape index (κ2) is 6.08. The van der Waals surface area contributed by atoms with E-state index in [1.807, 2.05) is 17.8 Å². The molecule has 0 spiro atoms. The minimum Gasteiger partial charge on any atom is -0.339 e. The van der Waals surface area contributed by atoms with Crippen LogP contribution in [0.3, 0.4) is 0 Å². The number of piperazine rings is 1. The van der Waals surface area contributed by atoms with Crippen LogP contribution in [0.1, 0.15) is 10.4 Å². The Labute approximate surface area is 136 Å². The molecule has 1 amide bonds. The third-order valence-electron chi connectivity index (χ3n) is 3.80. The van der Waals surface area contributed by atoms with Crippen LogP contribution in [0.15, 0.2) is 35.1 Å². The summed E-state index contributed by atoms with van der Waals surface area (Å²) in [6, 6.07) is 4.43. The van der Waals surface area contributed by atoms with E-state index >= 15 is 0 Å². The molecule has 2 heterocycles. The maximum atomic E-state index is 13.8. The molecule has 5 nitrogen and oxygen atoms in total. The summed E-state index contributed by atoms with van der Waals surface area (Å²) in [4.78, 5) is 20.6. The summed E-state index contributed by atoms with van der Waals surface area (Å²) >= 11 is 3.28. The number of benzene rings is 1. The topological polar surface area (TPSA) is 41.4 Å². The fourth-order valence-electron chi connectivity index (χ4n) is 2.60. The quantitative estimate of drug-likeness (QED) is 0.818. The van der Waals surface area contributed by atoms with Crippen LogP contribution in [0.2, 0.25) is 0 Å². The molecule has 1 aliphatic rings. The van der Waals surface area contributed by atoms with Crippen LogP contribution in [0, 0.1) is 5.82 Å². The van der Waals surface area contributed by atoms with Crippen LogP contribution in [-0.4, -0.2) is 46.5 Å². The highest BCUT2D eigenvalue weighted by Crippen LogP contribution is 2.19. The Balaban J connectivity index is 1.70. The zero-order chi connectivity index (χ0) is 15.7. The van der Waals surface area contributed by atoms with Gasteiger partial charge in [-0.2, -0.15) is 0 Å². The number of hydrogen-bond acceptors (Lipinski definition) is 3. The first-order valence-corrected chi connectivity index (χ1v) is 7.82. The molecule has 0 aliphatic carbocycles. The van der Waals surface area contributed by atoms with E-state index in [0.717, 1.165) is 5.95 Å². The highest BCUT2D eigenvalue weighted by Gasteiger charge is 2.25. The zero-order valence-electron chi connectivity index (χ0n) is 12.2. The molecule has 1 aliphatic heterocycles. The molecule has 0 radical (unpaired) electrons. The molecule has 116 valence electrons. The van der Waals surface area contributed by atoms with Crippen molar-refractivity contribution in [3.8, 4) is 0 Å². The first kappa shape index (κ1) is 15.0. The van der Waals surface area contributed by atoms with Gasteiger partial charge in [0, 0.05) is 50.1 Å². The lowest BCUT2D eigenvalue weighted by atomic mass is 10.1. The van der Waals surface area contributed by atoms with Gasteiger partial charge in [-0.1, -0.05) is 15.9 Å². The van der Waals surface area contributed by atoms with Crippen molar-refractivity contribution >= 4 is 27.8 Å². The minimum absolute atomic E-state index is 0.111. The number of imidazole rings is 1. The van der Waals surface area contributed by atoms with Gasteiger partial charge < -0.3 is 14.4 Å². The maximum Gasteiger partial charge on any atom is 0.256 e. The number of hydrogen-bond donors (Lipinski definition) is 0. The molecule has 3 rings (SSSR count). The molecular formula is C15H16BrFN4O. The van der Waals surface area contributed by atoms with Crippen molar-refractivity contribution in [3.05, 3.63) is 46.4 Å². The number of halogens is 2. The van der Waals surface area contributed by atoms with E-state index in [1.165, 1.54) is 12.1 Å². The van der Waals surface area contributed by atoms with Crippen molar-refractivity contribution in [2.24, 2.45) is 7.05 Å². The number of rotatable bonds is 2. The van der Waals surface area contributed by atoms with E-state index in [9.17, 15) is 9.18 Å². The number of amides is 1. The highest BCUT2D eigenvalue weighted by molar-refractivity contribution is 9.10. The fourth-order valence-corrected chi connectivity index (χ4v) is 2.96. The van der Waals surface area contributed by atoms with Gasteiger partial charge in [-0.3, -0.25) is 4.79 Å². The van der Waals surface area contributed by atoms with E-state index in [2.05, 4.69) is 25.8 Å². The molecule has 1 fully saturated rings. The van der Waals surface area contributed by atoms with Crippen LogP contribution in [0.5, 0.6) is 0 Å². The Morgan fingerprint density at radius 2 is 2.00 bits per heavy atom. The van der Waals surface area contributed by atoms with Crippen LogP contribution in [-0.2, 0) is 7.05 Å². The largest absolute Gasteiger partial charge is 0.339 e. The number of carbonyl (C=O) groups excluding carboxylic acids is 1. The summed E-state index contributed by atoms with van der Waals surface area (Å²) in [7, 11) is 1.94. The van der Waals surface area contributed by atoms with Gasteiger partial charge in [0.2, 0.25) is 5.95 Å². The second-order valence-electron chi connectivity index (χ2n) is 5.24. The average molecular weight is 367 g/mol. The number of aryl methyl sites for hydroxylation is 1. The predicted octanol–water partition coefficient (Wildman–Crippen LogP) is 2.28. The van der Waals surface area contributed by atoms with Crippen molar-refractivity contribution in [3.63, 3.8) is 0 Å². The number of aromatic nitrogens is 2. The second-order valence-corrected chi connectivity index (χ2v) is 6.16. The van der Waals surface area contributed by atoms with Gasteiger partial charge in [0.1, 0.15) is 5.82 Å². The SMILES string of the molecule is Cn1ccnc1N1CCN(C(=O)c2cc(Br)ccc2F)CC1. The number of nitrogens with zero attached hydrogens (tertiary/aromatic N) is 4. The molecular weight excluding hydrogens is 351 g/mol. The van der Waals surface area contributed by atoms with Crippen LogP contribution in [0.4, 0.5) is 10.3 Å². The smallest absolute Gasteiger partial charge is 0.256 e.